The molecule has 0 aliphatic carbocycles. The molecule has 1 aromatic rings. The van der Waals surface area contributed by atoms with Gasteiger partial charge in [-0.2, -0.15) is 0 Å². The molecule has 1 atom stereocenters. The second-order valence-corrected chi connectivity index (χ2v) is 5.71. The van der Waals surface area contributed by atoms with Crippen molar-refractivity contribution in [1.82, 2.24) is 5.32 Å². The topological polar surface area (TPSA) is 86.7 Å². The zero-order valence-electron chi connectivity index (χ0n) is 13.2. The van der Waals surface area contributed by atoms with Gasteiger partial charge in [0.2, 0.25) is 11.8 Å². The summed E-state index contributed by atoms with van der Waals surface area (Å²) in [6.45, 7) is 2.76. The van der Waals surface area contributed by atoms with Crippen molar-refractivity contribution in [3.8, 4) is 0 Å². The lowest BCUT2D eigenvalue weighted by Gasteiger charge is -2.17. The van der Waals surface area contributed by atoms with E-state index in [0.29, 0.717) is 19.5 Å². The van der Waals surface area contributed by atoms with Crippen LogP contribution in [0, 0.1) is 5.92 Å². The first-order valence-corrected chi connectivity index (χ1v) is 7.90. The van der Waals surface area contributed by atoms with Gasteiger partial charge < -0.3 is 15.3 Å². The standard InChI is InChI=1S/C17H22N2O4/c1-2-12-5-7-14(8-6-12)19-11-13(10-15(19)20)17(23)18-9-3-4-16(21)22/h5-8,13H,2-4,9-11H2,1H3,(H,18,23)(H,21,22). The predicted octanol–water partition coefficient (Wildman–Crippen LogP) is 1.58. The van der Waals surface area contributed by atoms with Crippen molar-refractivity contribution >= 4 is 23.5 Å². The van der Waals surface area contributed by atoms with Crippen molar-refractivity contribution in [2.24, 2.45) is 5.92 Å². The Bertz CT molecular complexity index is 583. The van der Waals surface area contributed by atoms with Crippen LogP contribution in [-0.4, -0.2) is 36.0 Å². The number of rotatable bonds is 7. The lowest BCUT2D eigenvalue weighted by atomic mass is 10.1. The van der Waals surface area contributed by atoms with Crippen LogP contribution in [0.15, 0.2) is 24.3 Å². The zero-order valence-corrected chi connectivity index (χ0v) is 13.2. The Labute approximate surface area is 135 Å². The Morgan fingerprint density at radius 3 is 2.61 bits per heavy atom. The highest BCUT2D eigenvalue weighted by atomic mass is 16.4. The summed E-state index contributed by atoms with van der Waals surface area (Å²) in [5.74, 6) is -1.49. The highest BCUT2D eigenvalue weighted by Crippen LogP contribution is 2.25. The van der Waals surface area contributed by atoms with Crippen LogP contribution < -0.4 is 10.2 Å². The van der Waals surface area contributed by atoms with Gasteiger partial charge in [-0.1, -0.05) is 19.1 Å². The molecular formula is C17H22N2O4. The van der Waals surface area contributed by atoms with Gasteiger partial charge in [-0.15, -0.1) is 0 Å². The molecule has 0 bridgehead atoms. The van der Waals surface area contributed by atoms with E-state index >= 15 is 0 Å². The van der Waals surface area contributed by atoms with Crippen LogP contribution in [0.4, 0.5) is 5.69 Å². The van der Waals surface area contributed by atoms with Gasteiger partial charge in [0.25, 0.3) is 0 Å². The van der Waals surface area contributed by atoms with Crippen molar-refractivity contribution in [2.75, 3.05) is 18.0 Å². The van der Waals surface area contributed by atoms with Crippen molar-refractivity contribution in [1.29, 1.82) is 0 Å². The maximum Gasteiger partial charge on any atom is 0.303 e. The van der Waals surface area contributed by atoms with E-state index < -0.39 is 5.97 Å². The molecule has 1 aliphatic rings. The molecule has 6 heteroatoms. The molecule has 0 radical (unpaired) electrons. The molecule has 0 spiro atoms. The summed E-state index contributed by atoms with van der Waals surface area (Å²) >= 11 is 0. The number of carbonyl (C=O) groups excluding carboxylic acids is 2. The number of hydrogen-bond acceptors (Lipinski definition) is 3. The van der Waals surface area contributed by atoms with Crippen LogP contribution in [0.25, 0.3) is 0 Å². The van der Waals surface area contributed by atoms with Gasteiger partial charge in [0.1, 0.15) is 0 Å². The van der Waals surface area contributed by atoms with Crippen molar-refractivity contribution in [2.45, 2.75) is 32.6 Å². The average Bonchev–Trinajstić information content (AvgIpc) is 2.93. The third-order valence-electron chi connectivity index (χ3n) is 4.02. The van der Waals surface area contributed by atoms with E-state index in [0.717, 1.165) is 12.1 Å². The van der Waals surface area contributed by atoms with Crippen molar-refractivity contribution in [3.63, 3.8) is 0 Å². The number of amides is 2. The molecule has 23 heavy (non-hydrogen) atoms. The summed E-state index contributed by atoms with van der Waals surface area (Å²) < 4.78 is 0. The maximum atomic E-state index is 12.1. The minimum absolute atomic E-state index is 0.0276. The summed E-state index contributed by atoms with van der Waals surface area (Å²) in [4.78, 5) is 36.3. The number of nitrogens with zero attached hydrogens (tertiary/aromatic N) is 1. The smallest absolute Gasteiger partial charge is 0.303 e. The number of nitrogens with one attached hydrogen (secondary N) is 1. The van der Waals surface area contributed by atoms with E-state index in [9.17, 15) is 14.4 Å². The minimum atomic E-state index is -0.878. The Morgan fingerprint density at radius 1 is 1.30 bits per heavy atom. The van der Waals surface area contributed by atoms with E-state index in [-0.39, 0.29) is 30.6 Å². The Balaban J connectivity index is 1.88. The van der Waals surface area contributed by atoms with E-state index in [1.54, 1.807) is 4.90 Å². The number of aliphatic carboxylic acids is 1. The quantitative estimate of drug-likeness (QED) is 0.747. The van der Waals surface area contributed by atoms with Crippen molar-refractivity contribution in [3.05, 3.63) is 29.8 Å². The molecule has 124 valence electrons. The summed E-state index contributed by atoms with van der Waals surface area (Å²) in [5, 5.41) is 11.3. The van der Waals surface area contributed by atoms with Crippen LogP contribution in [0.2, 0.25) is 0 Å². The number of carboxylic acid groups (broad SMARTS) is 1. The monoisotopic (exact) mass is 318 g/mol. The minimum Gasteiger partial charge on any atom is -0.481 e. The largest absolute Gasteiger partial charge is 0.481 e. The summed E-state index contributed by atoms with van der Waals surface area (Å²) in [5.41, 5.74) is 2.02. The van der Waals surface area contributed by atoms with Gasteiger partial charge >= 0.3 is 5.97 Å². The maximum absolute atomic E-state index is 12.1. The lowest BCUT2D eigenvalue weighted by Crippen LogP contribution is -2.33. The molecule has 1 heterocycles. The van der Waals surface area contributed by atoms with Crippen LogP contribution >= 0.6 is 0 Å². The molecule has 0 saturated carbocycles. The van der Waals surface area contributed by atoms with Gasteiger partial charge in [-0.25, -0.2) is 0 Å². The van der Waals surface area contributed by atoms with Crippen LogP contribution in [0.5, 0.6) is 0 Å². The molecule has 2 N–H and O–H groups in total. The molecule has 6 nitrogen and oxygen atoms in total. The zero-order chi connectivity index (χ0) is 16.8. The number of hydrogen-bond donors (Lipinski definition) is 2. The molecule has 0 aromatic heterocycles. The number of carboxylic acids is 1. The molecule has 1 aromatic carbocycles. The van der Waals surface area contributed by atoms with Crippen molar-refractivity contribution < 1.29 is 19.5 Å². The molecule has 1 aliphatic heterocycles. The van der Waals surface area contributed by atoms with E-state index in [1.807, 2.05) is 24.3 Å². The van der Waals surface area contributed by atoms with E-state index in [4.69, 9.17) is 5.11 Å². The average molecular weight is 318 g/mol. The molecule has 2 amide bonds. The molecule has 1 fully saturated rings. The van der Waals surface area contributed by atoms with Gasteiger partial charge in [0, 0.05) is 31.6 Å². The molecule has 2 rings (SSSR count). The fourth-order valence-corrected chi connectivity index (χ4v) is 2.64. The number of aryl methyl sites for hydroxylation is 1. The number of benzene rings is 1. The summed E-state index contributed by atoms with van der Waals surface area (Å²) in [7, 11) is 0. The molecule has 1 saturated heterocycles. The fraction of sp³-hybridized carbons (Fsp3) is 0.471. The van der Waals surface area contributed by atoms with Gasteiger partial charge in [0.15, 0.2) is 0 Å². The Morgan fingerprint density at radius 2 is 2.00 bits per heavy atom. The fourth-order valence-electron chi connectivity index (χ4n) is 2.64. The lowest BCUT2D eigenvalue weighted by molar-refractivity contribution is -0.137. The van der Waals surface area contributed by atoms with Crippen LogP contribution in [0.3, 0.4) is 0 Å². The highest BCUT2D eigenvalue weighted by Gasteiger charge is 2.34. The van der Waals surface area contributed by atoms with Crippen LogP contribution in [-0.2, 0) is 20.8 Å². The third kappa shape index (κ3) is 4.55. The number of carbonyl (C=O) groups is 3. The molecule has 1 unspecified atom stereocenters. The van der Waals surface area contributed by atoms with Gasteiger partial charge in [-0.3, -0.25) is 14.4 Å². The van der Waals surface area contributed by atoms with E-state index in [1.165, 1.54) is 5.56 Å². The first-order chi connectivity index (χ1) is 11.0. The first kappa shape index (κ1) is 17.0. The summed E-state index contributed by atoms with van der Waals surface area (Å²) in [6, 6.07) is 7.79. The normalized spacial score (nSPS) is 17.3. The number of anilines is 1. The second-order valence-electron chi connectivity index (χ2n) is 5.71. The predicted molar refractivity (Wildman–Crippen MR) is 86.2 cm³/mol. The van der Waals surface area contributed by atoms with Gasteiger partial charge in [-0.05, 0) is 30.5 Å². The van der Waals surface area contributed by atoms with E-state index in [2.05, 4.69) is 12.2 Å². The Kier molecular flexibility index (Phi) is 5.73. The SMILES string of the molecule is CCc1ccc(N2CC(C(=O)NCCCC(=O)O)CC2=O)cc1. The van der Waals surface area contributed by atoms with Crippen LogP contribution in [0.1, 0.15) is 31.7 Å². The highest BCUT2D eigenvalue weighted by molar-refractivity contribution is 6.00. The summed E-state index contributed by atoms with van der Waals surface area (Å²) in [6.07, 6.45) is 1.56. The second kappa shape index (κ2) is 7.76. The van der Waals surface area contributed by atoms with Gasteiger partial charge in [0.05, 0.1) is 5.92 Å². The first-order valence-electron chi connectivity index (χ1n) is 7.90. The Hall–Kier alpha value is -2.37. The third-order valence-corrected chi connectivity index (χ3v) is 4.02. The molecular weight excluding hydrogens is 296 g/mol.